The molecule has 3 rings (SSSR count). The Morgan fingerprint density at radius 1 is 1.35 bits per heavy atom. The van der Waals surface area contributed by atoms with E-state index in [-0.39, 0.29) is 29.3 Å². The van der Waals surface area contributed by atoms with Crippen LogP contribution in [0.5, 0.6) is 11.5 Å². The molecule has 0 spiro atoms. The predicted molar refractivity (Wildman–Crippen MR) is 65.5 cm³/mol. The fraction of sp³-hybridized carbons (Fsp3) is 0.417. The summed E-state index contributed by atoms with van der Waals surface area (Å²) in [6.07, 6.45) is -3.68. The summed E-state index contributed by atoms with van der Waals surface area (Å²) in [5.74, 6) is -0.714. The maximum absolute atomic E-state index is 13.0. The summed E-state index contributed by atoms with van der Waals surface area (Å²) in [7, 11) is 0. The minimum absolute atomic E-state index is 0.0677. The lowest BCUT2D eigenvalue weighted by Gasteiger charge is -2.37. The molecular formula is C12H10ClF2NO4. The van der Waals surface area contributed by atoms with Crippen molar-refractivity contribution in [3.63, 3.8) is 0 Å². The van der Waals surface area contributed by atoms with Crippen LogP contribution in [0.2, 0.25) is 0 Å². The van der Waals surface area contributed by atoms with Crippen LogP contribution in [0.25, 0.3) is 0 Å². The number of carbonyl (C=O) groups is 1. The summed E-state index contributed by atoms with van der Waals surface area (Å²) < 4.78 is 39.7. The number of amides is 1. The Bertz CT molecular complexity index is 550. The van der Waals surface area contributed by atoms with Crippen LogP contribution in [0.3, 0.4) is 0 Å². The zero-order valence-electron chi connectivity index (χ0n) is 10.1. The van der Waals surface area contributed by atoms with Crippen LogP contribution in [0.1, 0.15) is 0 Å². The molecular weight excluding hydrogens is 296 g/mol. The van der Waals surface area contributed by atoms with Crippen LogP contribution in [0.15, 0.2) is 18.2 Å². The van der Waals surface area contributed by atoms with E-state index in [4.69, 9.17) is 16.3 Å². The summed E-state index contributed by atoms with van der Waals surface area (Å²) in [6, 6.07) is 4.02. The monoisotopic (exact) mass is 305 g/mol. The Balaban J connectivity index is 1.91. The lowest BCUT2D eigenvalue weighted by atomic mass is 10.1. The molecule has 0 aromatic heterocycles. The van der Waals surface area contributed by atoms with Crippen molar-refractivity contribution in [2.45, 2.75) is 12.3 Å². The van der Waals surface area contributed by atoms with Crippen molar-refractivity contribution in [3.05, 3.63) is 18.2 Å². The van der Waals surface area contributed by atoms with Crippen molar-refractivity contribution in [1.82, 2.24) is 0 Å². The van der Waals surface area contributed by atoms with Gasteiger partial charge in [-0.15, -0.1) is 20.4 Å². The lowest BCUT2D eigenvalue weighted by Crippen LogP contribution is -2.52. The van der Waals surface area contributed by atoms with E-state index in [1.807, 2.05) is 0 Å². The van der Waals surface area contributed by atoms with Gasteiger partial charge in [-0.2, -0.15) is 0 Å². The van der Waals surface area contributed by atoms with Gasteiger partial charge in [0.25, 0.3) is 0 Å². The van der Waals surface area contributed by atoms with Gasteiger partial charge in [0.05, 0.1) is 19.3 Å². The van der Waals surface area contributed by atoms with Gasteiger partial charge < -0.3 is 19.1 Å². The topological polar surface area (TPSA) is 48.0 Å². The van der Waals surface area contributed by atoms with E-state index in [1.54, 1.807) is 0 Å². The van der Waals surface area contributed by atoms with Crippen LogP contribution in [0.4, 0.5) is 14.5 Å². The number of fused-ring (bicyclic) bond motifs is 1. The standard InChI is InChI=1S/C12H10ClF2NO4/c13-4-11(17)16(8-5-18-6-8)7-1-2-9-10(3-7)20-12(14,15)19-9/h1-3,8H,4-6H2. The highest BCUT2D eigenvalue weighted by atomic mass is 35.5. The molecule has 1 aromatic carbocycles. The fourth-order valence-corrected chi connectivity index (χ4v) is 2.21. The Hall–Kier alpha value is -1.60. The highest BCUT2D eigenvalue weighted by Crippen LogP contribution is 2.43. The number of benzene rings is 1. The number of nitrogens with zero attached hydrogens (tertiary/aromatic N) is 1. The predicted octanol–water partition coefficient (Wildman–Crippen LogP) is 1.98. The normalized spacial score (nSPS) is 19.6. The van der Waals surface area contributed by atoms with Crippen LogP contribution >= 0.6 is 11.6 Å². The van der Waals surface area contributed by atoms with Crippen molar-refractivity contribution in [2.24, 2.45) is 0 Å². The first-order valence-corrected chi connectivity index (χ1v) is 6.39. The van der Waals surface area contributed by atoms with E-state index < -0.39 is 6.29 Å². The minimum Gasteiger partial charge on any atom is -0.395 e. The van der Waals surface area contributed by atoms with Crippen molar-refractivity contribution in [3.8, 4) is 11.5 Å². The largest absolute Gasteiger partial charge is 0.586 e. The zero-order valence-corrected chi connectivity index (χ0v) is 10.9. The Kier molecular flexibility index (Phi) is 3.18. The smallest absolute Gasteiger partial charge is 0.395 e. The molecule has 1 amide bonds. The number of ether oxygens (including phenoxy) is 3. The zero-order chi connectivity index (χ0) is 14.3. The Labute approximate surface area is 118 Å². The molecule has 1 saturated heterocycles. The van der Waals surface area contributed by atoms with Crippen LogP contribution in [-0.4, -0.2) is 37.3 Å². The van der Waals surface area contributed by atoms with Crippen LogP contribution in [0, 0.1) is 0 Å². The van der Waals surface area contributed by atoms with Crippen LogP contribution < -0.4 is 14.4 Å². The average molecular weight is 306 g/mol. The molecule has 2 aliphatic heterocycles. The van der Waals surface area contributed by atoms with Gasteiger partial charge in [0.2, 0.25) is 5.91 Å². The number of hydrogen-bond donors (Lipinski definition) is 0. The SMILES string of the molecule is O=C(CCl)N(c1ccc2c(c1)OC(F)(F)O2)C1COC1. The van der Waals surface area contributed by atoms with Gasteiger partial charge in [0, 0.05) is 11.8 Å². The number of alkyl halides is 3. The molecule has 0 unspecified atom stereocenters. The molecule has 108 valence electrons. The Morgan fingerprint density at radius 3 is 2.65 bits per heavy atom. The van der Waals surface area contributed by atoms with E-state index in [2.05, 4.69) is 9.47 Å². The molecule has 1 aromatic rings. The fourth-order valence-electron chi connectivity index (χ4n) is 2.08. The third kappa shape index (κ3) is 2.27. The van der Waals surface area contributed by atoms with E-state index in [1.165, 1.54) is 23.1 Å². The molecule has 0 N–H and O–H groups in total. The maximum atomic E-state index is 13.0. The second kappa shape index (κ2) is 4.75. The first-order chi connectivity index (χ1) is 9.50. The lowest BCUT2D eigenvalue weighted by molar-refractivity contribution is -0.286. The molecule has 1 fully saturated rings. The third-order valence-electron chi connectivity index (χ3n) is 3.03. The molecule has 8 heteroatoms. The van der Waals surface area contributed by atoms with E-state index in [0.717, 1.165) is 0 Å². The third-order valence-corrected chi connectivity index (χ3v) is 3.26. The quantitative estimate of drug-likeness (QED) is 0.801. The van der Waals surface area contributed by atoms with Crippen molar-refractivity contribution < 1.29 is 27.8 Å². The van der Waals surface area contributed by atoms with Gasteiger partial charge in [0.1, 0.15) is 5.88 Å². The van der Waals surface area contributed by atoms with Gasteiger partial charge in [0.15, 0.2) is 11.5 Å². The van der Waals surface area contributed by atoms with Gasteiger partial charge in [-0.3, -0.25) is 4.79 Å². The van der Waals surface area contributed by atoms with Crippen molar-refractivity contribution in [2.75, 3.05) is 24.0 Å². The maximum Gasteiger partial charge on any atom is 0.586 e. The second-order valence-electron chi connectivity index (χ2n) is 4.39. The van der Waals surface area contributed by atoms with Crippen molar-refractivity contribution in [1.29, 1.82) is 0 Å². The van der Waals surface area contributed by atoms with E-state index >= 15 is 0 Å². The van der Waals surface area contributed by atoms with Crippen molar-refractivity contribution >= 4 is 23.2 Å². The molecule has 0 aliphatic carbocycles. The van der Waals surface area contributed by atoms with Gasteiger partial charge in [-0.1, -0.05) is 0 Å². The van der Waals surface area contributed by atoms with Gasteiger partial charge in [-0.05, 0) is 12.1 Å². The number of carbonyl (C=O) groups excluding carboxylic acids is 1. The number of anilines is 1. The molecule has 5 nitrogen and oxygen atoms in total. The molecule has 2 aliphatic rings. The number of hydrogen-bond acceptors (Lipinski definition) is 4. The summed E-state index contributed by atoms with van der Waals surface area (Å²) in [5.41, 5.74) is 0.420. The molecule has 0 atom stereocenters. The Morgan fingerprint density at radius 2 is 2.05 bits per heavy atom. The molecule has 0 radical (unpaired) electrons. The minimum atomic E-state index is -3.68. The summed E-state index contributed by atoms with van der Waals surface area (Å²) in [6.45, 7) is 0.764. The highest BCUT2D eigenvalue weighted by Gasteiger charge is 2.44. The summed E-state index contributed by atoms with van der Waals surface area (Å²) in [4.78, 5) is 13.3. The number of rotatable bonds is 3. The highest BCUT2D eigenvalue weighted by molar-refractivity contribution is 6.29. The second-order valence-corrected chi connectivity index (χ2v) is 4.65. The molecule has 2 heterocycles. The first-order valence-electron chi connectivity index (χ1n) is 5.86. The van der Waals surface area contributed by atoms with Gasteiger partial charge in [-0.25, -0.2) is 0 Å². The van der Waals surface area contributed by atoms with Gasteiger partial charge >= 0.3 is 6.29 Å². The van der Waals surface area contributed by atoms with Crippen LogP contribution in [-0.2, 0) is 9.53 Å². The first kappa shape index (κ1) is 13.4. The molecule has 0 bridgehead atoms. The summed E-state index contributed by atoms with van der Waals surface area (Å²) in [5, 5.41) is 0. The summed E-state index contributed by atoms with van der Waals surface area (Å²) >= 11 is 5.58. The van der Waals surface area contributed by atoms with E-state index in [0.29, 0.717) is 18.9 Å². The molecule has 20 heavy (non-hydrogen) atoms. The molecule has 0 saturated carbocycles. The average Bonchev–Trinajstić information content (AvgIpc) is 2.65. The van der Waals surface area contributed by atoms with E-state index in [9.17, 15) is 13.6 Å². The number of halogens is 3.